The first-order valence-electron chi connectivity index (χ1n) is 6.32. The van der Waals surface area contributed by atoms with E-state index < -0.39 is 5.82 Å². The van der Waals surface area contributed by atoms with Crippen LogP contribution < -0.4 is 4.74 Å². The van der Waals surface area contributed by atoms with Gasteiger partial charge in [0.05, 0.1) is 12.1 Å². The molecule has 0 saturated carbocycles. The van der Waals surface area contributed by atoms with Crippen molar-refractivity contribution in [3.63, 3.8) is 0 Å². The van der Waals surface area contributed by atoms with Gasteiger partial charge in [-0.25, -0.2) is 4.39 Å². The standard InChI is InChI=1S/C17H11BrClFO/c1-21-15-9-11-5-3-2-4-10(11)8-12(15)16-13(18)6-7-14(19)17(16)20/h2-9H,1H3. The number of ether oxygens (including phenoxy) is 1. The van der Waals surface area contributed by atoms with E-state index in [9.17, 15) is 4.39 Å². The molecule has 4 heteroatoms. The Bertz CT molecular complexity index is 832. The van der Waals surface area contributed by atoms with Crippen LogP contribution in [0.3, 0.4) is 0 Å². The SMILES string of the molecule is COc1cc2ccccc2cc1-c1c(Br)ccc(Cl)c1F. The van der Waals surface area contributed by atoms with E-state index in [-0.39, 0.29) is 5.02 Å². The van der Waals surface area contributed by atoms with Crippen molar-refractivity contribution in [2.75, 3.05) is 7.11 Å². The van der Waals surface area contributed by atoms with E-state index in [0.717, 1.165) is 10.8 Å². The van der Waals surface area contributed by atoms with E-state index in [1.807, 2.05) is 36.4 Å². The molecule has 3 aromatic rings. The molecule has 0 unspecified atom stereocenters. The first kappa shape index (κ1) is 14.4. The Labute approximate surface area is 135 Å². The fourth-order valence-electron chi connectivity index (χ4n) is 2.36. The van der Waals surface area contributed by atoms with E-state index >= 15 is 0 Å². The minimum atomic E-state index is -0.459. The molecule has 0 amide bonds. The summed E-state index contributed by atoms with van der Waals surface area (Å²) in [6, 6.07) is 14.9. The second-order valence-electron chi connectivity index (χ2n) is 4.62. The Kier molecular flexibility index (Phi) is 3.87. The van der Waals surface area contributed by atoms with Crippen molar-refractivity contribution in [1.29, 1.82) is 0 Å². The lowest BCUT2D eigenvalue weighted by molar-refractivity contribution is 0.416. The number of hydrogen-bond donors (Lipinski definition) is 0. The van der Waals surface area contributed by atoms with Crippen LogP contribution in [-0.4, -0.2) is 7.11 Å². The van der Waals surface area contributed by atoms with Crippen LogP contribution in [0.5, 0.6) is 5.75 Å². The van der Waals surface area contributed by atoms with Crippen LogP contribution in [0.4, 0.5) is 4.39 Å². The number of benzene rings is 3. The zero-order chi connectivity index (χ0) is 15.0. The van der Waals surface area contributed by atoms with Gasteiger partial charge in [-0.2, -0.15) is 0 Å². The van der Waals surface area contributed by atoms with Crippen LogP contribution in [-0.2, 0) is 0 Å². The first-order chi connectivity index (χ1) is 10.1. The quantitative estimate of drug-likeness (QED) is 0.501. The Morgan fingerprint density at radius 3 is 2.38 bits per heavy atom. The van der Waals surface area contributed by atoms with Crippen LogP contribution in [0.15, 0.2) is 53.0 Å². The smallest absolute Gasteiger partial charge is 0.150 e. The molecule has 21 heavy (non-hydrogen) atoms. The summed E-state index contributed by atoms with van der Waals surface area (Å²) < 4.78 is 20.5. The largest absolute Gasteiger partial charge is 0.496 e. The molecule has 3 aromatic carbocycles. The third-order valence-electron chi connectivity index (χ3n) is 3.38. The monoisotopic (exact) mass is 364 g/mol. The maximum atomic E-state index is 14.4. The zero-order valence-corrected chi connectivity index (χ0v) is 13.5. The van der Waals surface area contributed by atoms with Gasteiger partial charge in [0.15, 0.2) is 5.82 Å². The summed E-state index contributed by atoms with van der Waals surface area (Å²) in [6.07, 6.45) is 0. The average molecular weight is 366 g/mol. The van der Waals surface area contributed by atoms with Gasteiger partial charge in [0.1, 0.15) is 5.75 Å². The summed E-state index contributed by atoms with van der Waals surface area (Å²) in [5.74, 6) is 0.148. The van der Waals surface area contributed by atoms with Gasteiger partial charge in [0.2, 0.25) is 0 Å². The van der Waals surface area contributed by atoms with Crippen molar-refractivity contribution >= 4 is 38.3 Å². The van der Waals surface area contributed by atoms with Crippen molar-refractivity contribution in [2.45, 2.75) is 0 Å². The molecule has 1 nitrogen and oxygen atoms in total. The van der Waals surface area contributed by atoms with Crippen LogP contribution >= 0.6 is 27.5 Å². The number of fused-ring (bicyclic) bond motifs is 1. The molecular weight excluding hydrogens is 355 g/mol. The highest BCUT2D eigenvalue weighted by Gasteiger charge is 2.17. The maximum Gasteiger partial charge on any atom is 0.150 e. The Hall–Kier alpha value is -1.58. The molecule has 0 aliphatic rings. The summed E-state index contributed by atoms with van der Waals surface area (Å²) >= 11 is 9.30. The fourth-order valence-corrected chi connectivity index (χ4v) is 3.03. The third kappa shape index (κ3) is 2.52. The van der Waals surface area contributed by atoms with Crippen LogP contribution in [0.25, 0.3) is 21.9 Å². The highest BCUT2D eigenvalue weighted by molar-refractivity contribution is 9.10. The highest BCUT2D eigenvalue weighted by atomic mass is 79.9. The van der Waals surface area contributed by atoms with Crippen LogP contribution in [0.1, 0.15) is 0 Å². The molecular formula is C17H11BrClFO. The minimum absolute atomic E-state index is 0.0865. The third-order valence-corrected chi connectivity index (χ3v) is 4.33. The van der Waals surface area contributed by atoms with Crippen LogP contribution in [0, 0.1) is 5.82 Å². The average Bonchev–Trinajstić information content (AvgIpc) is 2.50. The molecule has 0 saturated heterocycles. The molecule has 0 aromatic heterocycles. The summed E-state index contributed by atoms with van der Waals surface area (Å²) in [7, 11) is 1.57. The molecule has 0 heterocycles. The van der Waals surface area contributed by atoms with E-state index in [1.54, 1.807) is 13.2 Å². The summed E-state index contributed by atoms with van der Waals surface area (Å²) in [5, 5.41) is 2.14. The molecule has 0 spiro atoms. The van der Waals surface area contributed by atoms with E-state index in [2.05, 4.69) is 15.9 Å². The molecule has 0 radical (unpaired) electrons. The summed E-state index contributed by atoms with van der Waals surface area (Å²) in [6.45, 7) is 0. The number of halogens is 3. The van der Waals surface area contributed by atoms with Gasteiger partial charge in [-0.1, -0.05) is 51.8 Å². The van der Waals surface area contributed by atoms with E-state index in [4.69, 9.17) is 16.3 Å². The van der Waals surface area contributed by atoms with Crippen molar-refractivity contribution < 1.29 is 9.13 Å². The number of methoxy groups -OCH3 is 1. The predicted octanol–water partition coefficient (Wildman–Crippen LogP) is 6.07. The zero-order valence-electron chi connectivity index (χ0n) is 11.2. The van der Waals surface area contributed by atoms with Crippen molar-refractivity contribution in [2.24, 2.45) is 0 Å². The summed E-state index contributed by atoms with van der Waals surface area (Å²) in [4.78, 5) is 0. The molecule has 0 bridgehead atoms. The Morgan fingerprint density at radius 1 is 1.05 bits per heavy atom. The van der Waals surface area contributed by atoms with Gasteiger partial charge in [0.25, 0.3) is 0 Å². The van der Waals surface area contributed by atoms with Crippen LogP contribution in [0.2, 0.25) is 5.02 Å². The lowest BCUT2D eigenvalue weighted by atomic mass is 9.99. The Morgan fingerprint density at radius 2 is 1.71 bits per heavy atom. The van der Waals surface area contributed by atoms with Gasteiger partial charge in [-0.3, -0.25) is 0 Å². The second-order valence-corrected chi connectivity index (χ2v) is 5.88. The van der Waals surface area contributed by atoms with E-state index in [0.29, 0.717) is 21.3 Å². The normalized spacial score (nSPS) is 10.9. The number of rotatable bonds is 2. The maximum absolute atomic E-state index is 14.4. The fraction of sp³-hybridized carbons (Fsp3) is 0.0588. The molecule has 0 aliphatic heterocycles. The molecule has 0 aliphatic carbocycles. The van der Waals surface area contributed by atoms with Gasteiger partial charge in [-0.05, 0) is 35.0 Å². The van der Waals surface area contributed by atoms with Crippen molar-refractivity contribution in [3.8, 4) is 16.9 Å². The minimum Gasteiger partial charge on any atom is -0.496 e. The van der Waals surface area contributed by atoms with Gasteiger partial charge < -0.3 is 4.74 Å². The molecule has 0 fully saturated rings. The molecule has 0 N–H and O–H groups in total. The van der Waals surface area contributed by atoms with E-state index in [1.165, 1.54) is 6.07 Å². The highest BCUT2D eigenvalue weighted by Crippen LogP contribution is 2.41. The second kappa shape index (κ2) is 5.66. The first-order valence-corrected chi connectivity index (χ1v) is 7.49. The van der Waals surface area contributed by atoms with Crippen molar-refractivity contribution in [3.05, 3.63) is 63.8 Å². The topological polar surface area (TPSA) is 9.23 Å². The number of hydrogen-bond acceptors (Lipinski definition) is 1. The molecule has 106 valence electrons. The lowest BCUT2D eigenvalue weighted by Gasteiger charge is -2.13. The van der Waals surface area contributed by atoms with Gasteiger partial charge >= 0.3 is 0 Å². The Balaban J connectivity index is 2.36. The summed E-state index contributed by atoms with van der Waals surface area (Å²) in [5.41, 5.74) is 1.08. The molecule has 3 rings (SSSR count). The van der Waals surface area contributed by atoms with Gasteiger partial charge in [-0.15, -0.1) is 0 Å². The predicted molar refractivity (Wildman–Crippen MR) is 88.6 cm³/mol. The lowest BCUT2D eigenvalue weighted by Crippen LogP contribution is -1.93. The van der Waals surface area contributed by atoms with Crippen molar-refractivity contribution in [1.82, 2.24) is 0 Å². The van der Waals surface area contributed by atoms with Gasteiger partial charge in [0, 0.05) is 15.6 Å². The molecule has 0 atom stereocenters.